The van der Waals surface area contributed by atoms with Crippen molar-refractivity contribution >= 4 is 17.6 Å². The molecule has 6 nitrogen and oxygen atoms in total. The average molecular weight is 391 g/mol. The van der Waals surface area contributed by atoms with Gasteiger partial charge in [0.15, 0.2) is 6.61 Å². The average Bonchev–Trinajstić information content (AvgIpc) is 2.77. The highest BCUT2D eigenvalue weighted by Crippen LogP contribution is 2.17. The molecule has 0 spiro atoms. The Labute approximate surface area is 169 Å². The highest BCUT2D eigenvalue weighted by atomic mass is 16.5. The van der Waals surface area contributed by atoms with E-state index in [-0.39, 0.29) is 6.61 Å². The lowest BCUT2D eigenvalue weighted by atomic mass is 10.2. The SMILES string of the molecule is COc1cccc(NC(=O)COC(=O)c2ccc(OCc3ccccc3)cc2)c1. The van der Waals surface area contributed by atoms with E-state index in [9.17, 15) is 9.59 Å². The van der Waals surface area contributed by atoms with Gasteiger partial charge in [-0.05, 0) is 42.0 Å². The molecule has 3 aromatic carbocycles. The van der Waals surface area contributed by atoms with E-state index in [4.69, 9.17) is 14.2 Å². The molecule has 6 heteroatoms. The molecule has 0 heterocycles. The monoisotopic (exact) mass is 391 g/mol. The maximum atomic E-state index is 12.1. The van der Waals surface area contributed by atoms with Gasteiger partial charge in [-0.3, -0.25) is 4.79 Å². The molecule has 0 bridgehead atoms. The van der Waals surface area contributed by atoms with Gasteiger partial charge in [0.25, 0.3) is 5.91 Å². The number of anilines is 1. The predicted molar refractivity (Wildman–Crippen MR) is 109 cm³/mol. The second-order valence-electron chi connectivity index (χ2n) is 6.15. The van der Waals surface area contributed by atoms with Crippen LogP contribution in [0.5, 0.6) is 11.5 Å². The van der Waals surface area contributed by atoms with Crippen LogP contribution in [0.25, 0.3) is 0 Å². The van der Waals surface area contributed by atoms with Crippen molar-refractivity contribution in [1.29, 1.82) is 0 Å². The zero-order valence-electron chi connectivity index (χ0n) is 16.0. The lowest BCUT2D eigenvalue weighted by molar-refractivity contribution is -0.119. The molecule has 148 valence electrons. The third kappa shape index (κ3) is 6.10. The molecule has 0 atom stereocenters. The number of carbonyl (C=O) groups excluding carboxylic acids is 2. The third-order valence-corrected chi connectivity index (χ3v) is 4.03. The fourth-order valence-corrected chi connectivity index (χ4v) is 2.54. The van der Waals surface area contributed by atoms with E-state index in [2.05, 4.69) is 5.32 Å². The summed E-state index contributed by atoms with van der Waals surface area (Å²) < 4.78 is 15.8. The van der Waals surface area contributed by atoms with Crippen LogP contribution in [-0.4, -0.2) is 25.6 Å². The summed E-state index contributed by atoms with van der Waals surface area (Å²) in [7, 11) is 1.54. The molecule has 0 radical (unpaired) electrons. The largest absolute Gasteiger partial charge is 0.497 e. The highest BCUT2D eigenvalue weighted by Gasteiger charge is 2.11. The van der Waals surface area contributed by atoms with Crippen LogP contribution in [0.3, 0.4) is 0 Å². The summed E-state index contributed by atoms with van der Waals surface area (Å²) in [5.74, 6) is 0.241. The van der Waals surface area contributed by atoms with Crippen LogP contribution in [0.1, 0.15) is 15.9 Å². The van der Waals surface area contributed by atoms with E-state index < -0.39 is 11.9 Å². The van der Waals surface area contributed by atoms with Gasteiger partial charge in [0.1, 0.15) is 18.1 Å². The molecular formula is C23H21NO5. The number of carbonyl (C=O) groups is 2. The van der Waals surface area contributed by atoms with Crippen molar-refractivity contribution < 1.29 is 23.8 Å². The van der Waals surface area contributed by atoms with Crippen molar-refractivity contribution in [3.05, 3.63) is 90.0 Å². The van der Waals surface area contributed by atoms with Crippen molar-refractivity contribution in [2.45, 2.75) is 6.61 Å². The van der Waals surface area contributed by atoms with Crippen LogP contribution < -0.4 is 14.8 Å². The van der Waals surface area contributed by atoms with Crippen molar-refractivity contribution in [2.24, 2.45) is 0 Å². The molecule has 3 rings (SSSR count). The van der Waals surface area contributed by atoms with Crippen molar-refractivity contribution in [3.63, 3.8) is 0 Å². The standard InChI is InChI=1S/C23H21NO5/c1-27-21-9-5-8-19(14-21)24-22(25)16-29-23(26)18-10-12-20(13-11-18)28-15-17-6-3-2-4-7-17/h2-14H,15-16H2,1H3,(H,24,25). The van der Waals surface area contributed by atoms with Gasteiger partial charge in [0.05, 0.1) is 12.7 Å². The van der Waals surface area contributed by atoms with Crippen LogP contribution in [-0.2, 0) is 16.1 Å². The number of amides is 1. The number of esters is 1. The van der Waals surface area contributed by atoms with Gasteiger partial charge < -0.3 is 19.5 Å². The predicted octanol–water partition coefficient (Wildman–Crippen LogP) is 4.07. The van der Waals surface area contributed by atoms with Crippen LogP contribution in [0.15, 0.2) is 78.9 Å². The number of hydrogen-bond acceptors (Lipinski definition) is 5. The minimum absolute atomic E-state index is 0.339. The summed E-state index contributed by atoms with van der Waals surface area (Å²) in [5, 5.41) is 2.65. The molecule has 0 fully saturated rings. The van der Waals surface area contributed by atoms with E-state index in [1.165, 1.54) is 0 Å². The molecule has 3 aromatic rings. The van der Waals surface area contributed by atoms with E-state index in [0.29, 0.717) is 29.4 Å². The van der Waals surface area contributed by atoms with Gasteiger partial charge in [0, 0.05) is 11.8 Å². The van der Waals surface area contributed by atoms with Gasteiger partial charge in [-0.1, -0.05) is 36.4 Å². The molecule has 0 aliphatic carbocycles. The second kappa shape index (κ2) is 9.94. The fraction of sp³-hybridized carbons (Fsp3) is 0.130. The Kier molecular flexibility index (Phi) is 6.84. The first-order valence-electron chi connectivity index (χ1n) is 9.02. The zero-order valence-corrected chi connectivity index (χ0v) is 16.0. The van der Waals surface area contributed by atoms with E-state index in [1.54, 1.807) is 55.6 Å². The van der Waals surface area contributed by atoms with Crippen molar-refractivity contribution in [1.82, 2.24) is 0 Å². The summed E-state index contributed by atoms with van der Waals surface area (Å²) in [6.45, 7) is 0.0530. The number of methoxy groups -OCH3 is 1. The smallest absolute Gasteiger partial charge is 0.338 e. The second-order valence-corrected chi connectivity index (χ2v) is 6.15. The molecule has 0 aliphatic rings. The summed E-state index contributed by atoms with van der Waals surface area (Å²) in [6.07, 6.45) is 0. The highest BCUT2D eigenvalue weighted by molar-refractivity contribution is 5.95. The van der Waals surface area contributed by atoms with Gasteiger partial charge in [-0.15, -0.1) is 0 Å². The first-order valence-corrected chi connectivity index (χ1v) is 9.02. The topological polar surface area (TPSA) is 73.9 Å². The summed E-state index contributed by atoms with van der Waals surface area (Å²) in [5.41, 5.74) is 1.95. The Morgan fingerprint density at radius 3 is 2.34 bits per heavy atom. The number of benzene rings is 3. The first-order chi connectivity index (χ1) is 14.1. The first kappa shape index (κ1) is 19.9. The van der Waals surface area contributed by atoms with Gasteiger partial charge >= 0.3 is 5.97 Å². The maximum Gasteiger partial charge on any atom is 0.338 e. The lowest BCUT2D eigenvalue weighted by Gasteiger charge is -2.09. The minimum atomic E-state index is -0.583. The van der Waals surface area contributed by atoms with Crippen molar-refractivity contribution in [3.8, 4) is 11.5 Å². The van der Waals surface area contributed by atoms with E-state index in [1.807, 2.05) is 30.3 Å². The Bertz CT molecular complexity index is 955. The molecule has 1 amide bonds. The normalized spacial score (nSPS) is 10.1. The van der Waals surface area contributed by atoms with E-state index in [0.717, 1.165) is 5.56 Å². The Morgan fingerprint density at radius 2 is 1.62 bits per heavy atom. The number of nitrogens with one attached hydrogen (secondary N) is 1. The van der Waals surface area contributed by atoms with Gasteiger partial charge in [-0.2, -0.15) is 0 Å². The number of rotatable bonds is 8. The minimum Gasteiger partial charge on any atom is -0.497 e. The quantitative estimate of drug-likeness (QED) is 0.586. The summed E-state index contributed by atoms with van der Waals surface area (Å²) in [4.78, 5) is 24.1. The molecule has 0 saturated carbocycles. The van der Waals surface area contributed by atoms with E-state index >= 15 is 0 Å². The molecule has 1 N–H and O–H groups in total. The molecule has 0 unspecified atom stereocenters. The number of ether oxygens (including phenoxy) is 3. The molecule has 0 aliphatic heterocycles. The molecular weight excluding hydrogens is 370 g/mol. The summed E-state index contributed by atoms with van der Waals surface area (Å²) >= 11 is 0. The van der Waals surface area contributed by atoms with Crippen molar-refractivity contribution in [2.75, 3.05) is 19.0 Å². The number of hydrogen-bond donors (Lipinski definition) is 1. The maximum absolute atomic E-state index is 12.1. The third-order valence-electron chi connectivity index (χ3n) is 4.03. The molecule has 29 heavy (non-hydrogen) atoms. The Hall–Kier alpha value is -3.80. The summed E-state index contributed by atoms with van der Waals surface area (Å²) in [6, 6.07) is 23.3. The lowest BCUT2D eigenvalue weighted by Crippen LogP contribution is -2.20. The Morgan fingerprint density at radius 1 is 0.862 bits per heavy atom. The van der Waals surface area contributed by atoms with Gasteiger partial charge in [-0.25, -0.2) is 4.79 Å². The zero-order chi connectivity index (χ0) is 20.5. The molecule has 0 aromatic heterocycles. The van der Waals surface area contributed by atoms with Gasteiger partial charge in [0.2, 0.25) is 0 Å². The Balaban J connectivity index is 1.46. The van der Waals surface area contributed by atoms with Crippen LogP contribution in [0, 0.1) is 0 Å². The van der Waals surface area contributed by atoms with Crippen LogP contribution >= 0.6 is 0 Å². The van der Waals surface area contributed by atoms with Crippen LogP contribution in [0.2, 0.25) is 0 Å². The fourth-order valence-electron chi connectivity index (χ4n) is 2.54. The van der Waals surface area contributed by atoms with Crippen LogP contribution in [0.4, 0.5) is 5.69 Å². The molecule has 0 saturated heterocycles.